The molecule has 0 bridgehead atoms. The molecule has 0 fully saturated rings. The third kappa shape index (κ3) is 2.73. The first kappa shape index (κ1) is 11.0. The molecular weight excluding hydrogens is 206 g/mol. The van der Waals surface area contributed by atoms with Gasteiger partial charge in [0.25, 0.3) is 0 Å². The van der Waals surface area contributed by atoms with E-state index in [9.17, 15) is 4.79 Å². The fourth-order valence-corrected chi connectivity index (χ4v) is 1.34. The fourth-order valence-electron chi connectivity index (χ4n) is 1.14. The van der Waals surface area contributed by atoms with Crippen LogP contribution in [0.2, 0.25) is 5.02 Å². The number of carboxylic acids is 1. The van der Waals surface area contributed by atoms with E-state index in [4.69, 9.17) is 26.8 Å². The van der Waals surface area contributed by atoms with Crippen molar-refractivity contribution in [2.45, 2.75) is 6.42 Å². The standard InChI is InChI=1S/C8H8BClO4/c10-6-1-2-7(9(13)14)5(3-6)4-8(11)12/h1-3,13-14H,4H2,(H,11,12). The molecule has 0 spiro atoms. The molecule has 0 atom stereocenters. The smallest absolute Gasteiger partial charge is 0.481 e. The Morgan fingerprint density at radius 3 is 2.57 bits per heavy atom. The molecule has 0 amide bonds. The van der Waals surface area contributed by atoms with Crippen molar-refractivity contribution < 1.29 is 19.9 Å². The van der Waals surface area contributed by atoms with Crippen molar-refractivity contribution in [1.82, 2.24) is 0 Å². The van der Waals surface area contributed by atoms with Crippen LogP contribution in [0.25, 0.3) is 0 Å². The van der Waals surface area contributed by atoms with Crippen molar-refractivity contribution in [2.24, 2.45) is 0 Å². The van der Waals surface area contributed by atoms with Crippen molar-refractivity contribution in [2.75, 3.05) is 0 Å². The molecule has 3 N–H and O–H groups in total. The molecule has 0 saturated heterocycles. The molecule has 0 radical (unpaired) electrons. The van der Waals surface area contributed by atoms with Gasteiger partial charge in [0.1, 0.15) is 0 Å². The summed E-state index contributed by atoms with van der Waals surface area (Å²) in [5.41, 5.74) is 0.469. The second kappa shape index (κ2) is 4.46. The molecule has 1 aromatic carbocycles. The molecule has 0 heterocycles. The lowest BCUT2D eigenvalue weighted by Crippen LogP contribution is -2.33. The van der Waals surface area contributed by atoms with E-state index in [1.807, 2.05) is 0 Å². The summed E-state index contributed by atoms with van der Waals surface area (Å²) >= 11 is 5.65. The number of halogens is 1. The van der Waals surface area contributed by atoms with Crippen LogP contribution in [0, 0.1) is 0 Å². The topological polar surface area (TPSA) is 77.8 Å². The van der Waals surface area contributed by atoms with Crippen molar-refractivity contribution in [3.8, 4) is 0 Å². The average Bonchev–Trinajstić information content (AvgIpc) is 2.01. The van der Waals surface area contributed by atoms with Gasteiger partial charge in [-0.05, 0) is 23.2 Å². The lowest BCUT2D eigenvalue weighted by atomic mass is 9.76. The minimum absolute atomic E-state index is 0.164. The maximum atomic E-state index is 10.4. The fraction of sp³-hybridized carbons (Fsp3) is 0.125. The maximum Gasteiger partial charge on any atom is 0.488 e. The summed E-state index contributed by atoms with van der Waals surface area (Å²) in [7, 11) is -1.68. The van der Waals surface area contributed by atoms with Gasteiger partial charge in [-0.25, -0.2) is 0 Å². The van der Waals surface area contributed by atoms with Gasteiger partial charge >= 0.3 is 13.1 Å². The van der Waals surface area contributed by atoms with Crippen molar-refractivity contribution in [3.05, 3.63) is 28.8 Å². The summed E-state index contributed by atoms with van der Waals surface area (Å²) in [5, 5.41) is 26.8. The van der Waals surface area contributed by atoms with Gasteiger partial charge in [0.05, 0.1) is 6.42 Å². The summed E-state index contributed by atoms with van der Waals surface area (Å²) in [4.78, 5) is 10.4. The second-order valence-electron chi connectivity index (χ2n) is 2.79. The SMILES string of the molecule is O=C(O)Cc1cc(Cl)ccc1B(O)O. The molecule has 1 rings (SSSR count). The number of hydrogen-bond donors (Lipinski definition) is 3. The van der Waals surface area contributed by atoms with Crippen molar-refractivity contribution >= 4 is 30.2 Å². The lowest BCUT2D eigenvalue weighted by Gasteiger charge is -2.06. The Balaban J connectivity index is 3.09. The molecule has 4 nitrogen and oxygen atoms in total. The number of carboxylic acid groups (broad SMARTS) is 1. The Bertz CT molecular complexity index is 353. The highest BCUT2D eigenvalue weighted by Crippen LogP contribution is 2.10. The van der Waals surface area contributed by atoms with Crippen LogP contribution in [-0.2, 0) is 11.2 Å². The highest BCUT2D eigenvalue weighted by Gasteiger charge is 2.17. The zero-order valence-corrected chi connectivity index (χ0v) is 7.90. The molecular formula is C8H8BClO4. The first-order valence-corrected chi connectivity index (χ1v) is 4.24. The summed E-state index contributed by atoms with van der Waals surface area (Å²) in [6.45, 7) is 0. The van der Waals surface area contributed by atoms with E-state index < -0.39 is 13.1 Å². The summed E-state index contributed by atoms with van der Waals surface area (Å²) in [5.74, 6) is -1.05. The van der Waals surface area contributed by atoms with Crippen LogP contribution in [0.15, 0.2) is 18.2 Å². The molecule has 6 heteroatoms. The Kier molecular flexibility index (Phi) is 3.52. The minimum Gasteiger partial charge on any atom is -0.481 e. The van der Waals surface area contributed by atoms with Gasteiger partial charge in [-0.3, -0.25) is 4.79 Å². The van der Waals surface area contributed by atoms with E-state index in [-0.39, 0.29) is 11.9 Å². The zero-order valence-electron chi connectivity index (χ0n) is 7.14. The van der Waals surface area contributed by atoms with Gasteiger partial charge < -0.3 is 15.2 Å². The number of aliphatic carboxylic acids is 1. The predicted octanol–water partition coefficient (Wildman–Crippen LogP) is -0.353. The number of rotatable bonds is 3. The van der Waals surface area contributed by atoms with Gasteiger partial charge in [-0.2, -0.15) is 0 Å². The maximum absolute atomic E-state index is 10.4. The van der Waals surface area contributed by atoms with E-state index in [0.717, 1.165) is 0 Å². The minimum atomic E-state index is -1.68. The molecule has 1 aromatic rings. The quantitative estimate of drug-likeness (QED) is 0.601. The third-order valence-corrected chi connectivity index (χ3v) is 1.96. The van der Waals surface area contributed by atoms with Gasteiger partial charge in [-0.15, -0.1) is 0 Å². The number of benzene rings is 1. The molecule has 0 aliphatic heterocycles. The lowest BCUT2D eigenvalue weighted by molar-refractivity contribution is -0.136. The van der Waals surface area contributed by atoms with E-state index >= 15 is 0 Å². The highest BCUT2D eigenvalue weighted by molar-refractivity contribution is 6.59. The molecule has 0 saturated carbocycles. The Morgan fingerprint density at radius 1 is 1.43 bits per heavy atom. The number of hydrogen-bond acceptors (Lipinski definition) is 3. The molecule has 0 aromatic heterocycles. The molecule has 0 unspecified atom stereocenters. The molecule has 0 aliphatic rings. The van der Waals surface area contributed by atoms with Crippen LogP contribution < -0.4 is 5.46 Å². The Morgan fingerprint density at radius 2 is 2.07 bits per heavy atom. The zero-order chi connectivity index (χ0) is 10.7. The Labute approximate surface area is 85.9 Å². The third-order valence-electron chi connectivity index (χ3n) is 1.72. The van der Waals surface area contributed by atoms with Crippen LogP contribution in [0.4, 0.5) is 0 Å². The Hall–Kier alpha value is -1.04. The van der Waals surface area contributed by atoms with Crippen LogP contribution in [0.5, 0.6) is 0 Å². The van der Waals surface area contributed by atoms with Gasteiger partial charge in [0.15, 0.2) is 0 Å². The van der Waals surface area contributed by atoms with E-state index in [1.54, 1.807) is 0 Å². The monoisotopic (exact) mass is 214 g/mol. The van der Waals surface area contributed by atoms with Crippen LogP contribution >= 0.6 is 11.6 Å². The largest absolute Gasteiger partial charge is 0.488 e. The van der Waals surface area contributed by atoms with Crippen LogP contribution in [-0.4, -0.2) is 28.2 Å². The molecule has 74 valence electrons. The highest BCUT2D eigenvalue weighted by atomic mass is 35.5. The van der Waals surface area contributed by atoms with Gasteiger partial charge in [-0.1, -0.05) is 17.7 Å². The normalized spacial score (nSPS) is 9.93. The summed E-state index contributed by atoms with van der Waals surface area (Å²) in [6.07, 6.45) is -0.284. The summed E-state index contributed by atoms with van der Waals surface area (Å²) < 4.78 is 0. The average molecular weight is 214 g/mol. The van der Waals surface area contributed by atoms with Crippen molar-refractivity contribution in [3.63, 3.8) is 0 Å². The van der Waals surface area contributed by atoms with E-state index in [1.165, 1.54) is 18.2 Å². The summed E-state index contributed by atoms with van der Waals surface area (Å²) in [6, 6.07) is 4.28. The molecule has 14 heavy (non-hydrogen) atoms. The molecule has 0 aliphatic carbocycles. The predicted molar refractivity (Wildman–Crippen MR) is 52.6 cm³/mol. The van der Waals surface area contributed by atoms with E-state index in [0.29, 0.717) is 10.6 Å². The van der Waals surface area contributed by atoms with Gasteiger partial charge in [0.2, 0.25) is 0 Å². The van der Waals surface area contributed by atoms with Crippen LogP contribution in [0.1, 0.15) is 5.56 Å². The van der Waals surface area contributed by atoms with Crippen molar-refractivity contribution in [1.29, 1.82) is 0 Å². The van der Waals surface area contributed by atoms with Gasteiger partial charge in [0, 0.05) is 5.02 Å². The first-order valence-electron chi connectivity index (χ1n) is 3.87. The number of carbonyl (C=O) groups is 1. The van der Waals surface area contributed by atoms with Crippen LogP contribution in [0.3, 0.4) is 0 Å². The second-order valence-corrected chi connectivity index (χ2v) is 3.22. The van der Waals surface area contributed by atoms with E-state index in [2.05, 4.69) is 0 Å². The first-order chi connectivity index (χ1) is 6.50.